The minimum absolute atomic E-state index is 0.0604. The van der Waals surface area contributed by atoms with E-state index in [4.69, 9.17) is 31.4 Å². The summed E-state index contributed by atoms with van der Waals surface area (Å²) in [5.41, 5.74) is 3.08. The number of amides is 1. The van der Waals surface area contributed by atoms with Crippen LogP contribution in [0.25, 0.3) is 0 Å². The lowest BCUT2D eigenvalue weighted by atomic mass is 9.99. The number of aliphatic carboxylic acids is 2. The van der Waals surface area contributed by atoms with Gasteiger partial charge in [0.2, 0.25) is 5.91 Å². The summed E-state index contributed by atoms with van der Waals surface area (Å²) in [6.07, 6.45) is 0. The van der Waals surface area contributed by atoms with Gasteiger partial charge in [-0.15, -0.1) is 0 Å². The number of carboxylic acid groups (broad SMARTS) is 2. The number of halogens is 1. The highest BCUT2D eigenvalue weighted by atomic mass is 35.5. The van der Waals surface area contributed by atoms with Gasteiger partial charge in [0.1, 0.15) is 0 Å². The molecule has 3 aromatic carbocycles. The molecular weight excluding hydrogens is 432 g/mol. The van der Waals surface area contributed by atoms with Crippen LogP contribution in [0, 0.1) is 0 Å². The Bertz CT molecular complexity index is 977. The molecule has 0 aliphatic rings. The fraction of sp³-hybridized carbons (Fsp3) is 0.125. The number of hydrogen-bond acceptors (Lipinski definition) is 4. The number of carboxylic acids is 2. The summed E-state index contributed by atoms with van der Waals surface area (Å²) >= 11 is 6.14. The van der Waals surface area contributed by atoms with E-state index in [1.807, 2.05) is 84.9 Å². The van der Waals surface area contributed by atoms with E-state index < -0.39 is 11.9 Å². The zero-order chi connectivity index (χ0) is 23.3. The molecule has 3 rings (SSSR count). The molecule has 0 saturated carbocycles. The van der Waals surface area contributed by atoms with Gasteiger partial charge < -0.3 is 20.8 Å². The van der Waals surface area contributed by atoms with E-state index in [0.717, 1.165) is 16.7 Å². The Morgan fingerprint density at radius 3 is 1.69 bits per heavy atom. The van der Waals surface area contributed by atoms with Crippen LogP contribution in [-0.2, 0) is 20.9 Å². The van der Waals surface area contributed by atoms with Crippen molar-refractivity contribution in [1.82, 2.24) is 10.6 Å². The normalized spacial score (nSPS) is 10.1. The quantitative estimate of drug-likeness (QED) is 0.406. The molecule has 0 aromatic heterocycles. The summed E-state index contributed by atoms with van der Waals surface area (Å²) < 4.78 is 0. The zero-order valence-electron chi connectivity index (χ0n) is 17.1. The Labute approximate surface area is 190 Å². The Balaban J connectivity index is 0.000000534. The number of carbonyl (C=O) groups is 3. The number of hydrogen-bond donors (Lipinski definition) is 4. The number of benzene rings is 3. The highest BCUT2D eigenvalue weighted by Crippen LogP contribution is 2.21. The first-order valence-electron chi connectivity index (χ1n) is 9.68. The van der Waals surface area contributed by atoms with Gasteiger partial charge in [-0.1, -0.05) is 90.5 Å². The molecule has 0 saturated heterocycles. The first kappa shape index (κ1) is 24.6. The summed E-state index contributed by atoms with van der Waals surface area (Å²) in [5.74, 6) is -3.71. The van der Waals surface area contributed by atoms with E-state index in [9.17, 15) is 4.79 Å². The lowest BCUT2D eigenvalue weighted by Crippen LogP contribution is -2.36. The highest BCUT2D eigenvalue weighted by molar-refractivity contribution is 6.31. The predicted molar refractivity (Wildman–Crippen MR) is 121 cm³/mol. The first-order chi connectivity index (χ1) is 15.4. The lowest BCUT2D eigenvalue weighted by Gasteiger charge is -2.20. The summed E-state index contributed by atoms with van der Waals surface area (Å²) in [4.78, 5) is 30.7. The van der Waals surface area contributed by atoms with Gasteiger partial charge in [0.05, 0.1) is 12.6 Å². The molecule has 0 heterocycles. The molecule has 1 amide bonds. The van der Waals surface area contributed by atoms with Crippen molar-refractivity contribution < 1.29 is 24.6 Å². The first-order valence-corrected chi connectivity index (χ1v) is 10.1. The average molecular weight is 455 g/mol. The second-order valence-corrected chi connectivity index (χ2v) is 7.03. The van der Waals surface area contributed by atoms with E-state index in [2.05, 4.69) is 10.6 Å². The van der Waals surface area contributed by atoms with Gasteiger partial charge in [-0.25, -0.2) is 9.59 Å². The largest absolute Gasteiger partial charge is 0.473 e. The van der Waals surface area contributed by atoms with Gasteiger partial charge >= 0.3 is 11.9 Å². The molecule has 0 aliphatic carbocycles. The Morgan fingerprint density at radius 1 is 0.750 bits per heavy atom. The van der Waals surface area contributed by atoms with Crippen LogP contribution in [0.15, 0.2) is 84.9 Å². The van der Waals surface area contributed by atoms with Crippen LogP contribution in [-0.4, -0.2) is 34.6 Å². The monoisotopic (exact) mass is 454 g/mol. The number of carbonyl (C=O) groups excluding carboxylic acids is 1. The lowest BCUT2D eigenvalue weighted by molar-refractivity contribution is -0.159. The van der Waals surface area contributed by atoms with E-state index in [1.54, 1.807) is 0 Å². The zero-order valence-corrected chi connectivity index (χ0v) is 17.8. The third kappa shape index (κ3) is 8.22. The molecular formula is C24H23ClN2O5. The molecule has 32 heavy (non-hydrogen) atoms. The van der Waals surface area contributed by atoms with Gasteiger partial charge in [0.25, 0.3) is 0 Å². The fourth-order valence-corrected chi connectivity index (χ4v) is 3.02. The predicted octanol–water partition coefficient (Wildman–Crippen LogP) is 3.49. The molecule has 0 unspecified atom stereocenters. The van der Waals surface area contributed by atoms with E-state index in [1.165, 1.54) is 0 Å². The minimum atomic E-state index is -1.82. The maximum atomic E-state index is 12.5. The van der Waals surface area contributed by atoms with Crippen molar-refractivity contribution in [3.63, 3.8) is 0 Å². The van der Waals surface area contributed by atoms with Gasteiger partial charge in [-0.3, -0.25) is 4.79 Å². The molecule has 0 fully saturated rings. The van der Waals surface area contributed by atoms with Gasteiger partial charge in [0.15, 0.2) is 0 Å². The van der Waals surface area contributed by atoms with Crippen molar-refractivity contribution in [2.24, 2.45) is 0 Å². The number of rotatable bonds is 7. The van der Waals surface area contributed by atoms with Crippen LogP contribution in [0.5, 0.6) is 0 Å². The molecule has 7 nitrogen and oxygen atoms in total. The number of nitrogens with one attached hydrogen (secondary N) is 2. The Hall–Kier alpha value is -3.68. The van der Waals surface area contributed by atoms with Crippen molar-refractivity contribution in [3.05, 3.63) is 107 Å². The Kier molecular flexibility index (Phi) is 9.90. The second-order valence-electron chi connectivity index (χ2n) is 6.63. The van der Waals surface area contributed by atoms with Crippen molar-refractivity contribution in [2.45, 2.75) is 12.6 Å². The summed E-state index contributed by atoms with van der Waals surface area (Å²) in [6, 6.07) is 27.4. The molecule has 0 aliphatic heterocycles. The third-order valence-electron chi connectivity index (χ3n) is 4.31. The van der Waals surface area contributed by atoms with Crippen molar-refractivity contribution in [1.29, 1.82) is 0 Å². The van der Waals surface area contributed by atoms with Crippen LogP contribution in [0.3, 0.4) is 0 Å². The maximum Gasteiger partial charge on any atom is 0.414 e. The SMILES string of the molecule is O=C(CNCc1ccccc1Cl)NC(c1ccccc1)c1ccccc1.O=C(O)C(=O)O. The van der Waals surface area contributed by atoms with Crippen LogP contribution < -0.4 is 10.6 Å². The molecule has 166 valence electrons. The molecule has 0 atom stereocenters. The molecule has 0 bridgehead atoms. The topological polar surface area (TPSA) is 116 Å². The second kappa shape index (κ2) is 12.9. The molecule has 3 aromatic rings. The molecule has 0 spiro atoms. The highest BCUT2D eigenvalue weighted by Gasteiger charge is 2.16. The average Bonchev–Trinajstić information content (AvgIpc) is 2.80. The Morgan fingerprint density at radius 2 is 1.22 bits per heavy atom. The van der Waals surface area contributed by atoms with Gasteiger partial charge in [-0.05, 0) is 22.8 Å². The van der Waals surface area contributed by atoms with Crippen LogP contribution in [0.2, 0.25) is 5.02 Å². The molecule has 8 heteroatoms. The van der Waals surface area contributed by atoms with E-state index in [0.29, 0.717) is 11.6 Å². The molecule has 0 radical (unpaired) electrons. The van der Waals surface area contributed by atoms with Crippen molar-refractivity contribution >= 4 is 29.4 Å². The smallest absolute Gasteiger partial charge is 0.414 e. The van der Waals surface area contributed by atoms with Crippen molar-refractivity contribution in [3.8, 4) is 0 Å². The fourth-order valence-electron chi connectivity index (χ4n) is 2.81. The molecule has 4 N–H and O–H groups in total. The maximum absolute atomic E-state index is 12.5. The van der Waals surface area contributed by atoms with E-state index >= 15 is 0 Å². The van der Waals surface area contributed by atoms with Crippen molar-refractivity contribution in [2.75, 3.05) is 6.54 Å². The standard InChI is InChI=1S/C22H21ClN2O.C2H2O4/c23-20-14-8-7-13-19(20)15-24-16-21(26)25-22(17-9-3-1-4-10-17)18-11-5-2-6-12-18;3-1(4)2(5)6/h1-14,22,24H,15-16H2,(H,25,26);(H,3,4)(H,5,6). The summed E-state index contributed by atoms with van der Waals surface area (Å²) in [7, 11) is 0. The summed E-state index contributed by atoms with van der Waals surface area (Å²) in [6.45, 7) is 0.774. The van der Waals surface area contributed by atoms with Gasteiger partial charge in [-0.2, -0.15) is 0 Å². The summed E-state index contributed by atoms with van der Waals surface area (Å²) in [5, 5.41) is 21.8. The van der Waals surface area contributed by atoms with E-state index in [-0.39, 0.29) is 18.5 Å². The van der Waals surface area contributed by atoms with Crippen LogP contribution in [0.1, 0.15) is 22.7 Å². The third-order valence-corrected chi connectivity index (χ3v) is 4.68. The van der Waals surface area contributed by atoms with Gasteiger partial charge in [0, 0.05) is 11.6 Å². The van der Waals surface area contributed by atoms with Crippen LogP contribution >= 0.6 is 11.6 Å². The minimum Gasteiger partial charge on any atom is -0.473 e. The van der Waals surface area contributed by atoms with Crippen LogP contribution in [0.4, 0.5) is 0 Å².